The third kappa shape index (κ3) is 4.04. The minimum atomic E-state index is 0.397. The van der Waals surface area contributed by atoms with Gasteiger partial charge in [-0.3, -0.25) is 0 Å². The van der Waals surface area contributed by atoms with E-state index in [2.05, 4.69) is 95.6 Å². The molecule has 0 aliphatic carbocycles. The average Bonchev–Trinajstić information content (AvgIpc) is 2.66. The number of unbranched alkanes of at least 4 members (excludes halogenated alkanes) is 2. The zero-order valence-electron chi connectivity index (χ0n) is 15.8. The molecule has 1 heterocycles. The SMILES string of the molecule is CCCCCN1B(C)N(c2ccccc2)CN(c2ccccc2)B1C. The van der Waals surface area contributed by atoms with Crippen LogP contribution >= 0.6 is 0 Å². The normalized spacial score (nSPS) is 15.8. The molecular weight excluding hydrogens is 304 g/mol. The molecule has 1 saturated heterocycles. The van der Waals surface area contributed by atoms with Crippen LogP contribution in [0.15, 0.2) is 60.7 Å². The summed E-state index contributed by atoms with van der Waals surface area (Å²) in [7, 11) is 0. The first-order chi connectivity index (χ1) is 12.2. The van der Waals surface area contributed by atoms with E-state index in [-0.39, 0.29) is 0 Å². The predicted molar refractivity (Wildman–Crippen MR) is 112 cm³/mol. The number of nitrogens with zero attached hydrogens (tertiary/aromatic N) is 3. The molecule has 0 radical (unpaired) electrons. The third-order valence-corrected chi connectivity index (χ3v) is 5.36. The van der Waals surface area contributed by atoms with Crippen LogP contribution < -0.4 is 9.62 Å². The topological polar surface area (TPSA) is 9.72 Å². The summed E-state index contributed by atoms with van der Waals surface area (Å²) in [6.07, 6.45) is 3.82. The molecule has 2 aromatic carbocycles. The standard InChI is InChI=1S/C20H29B2N3/c1-4-5-12-17-25-21(2)23(19-13-8-6-9-14-19)18-24(22(25)3)20-15-10-7-11-16-20/h6-11,13-16H,4-5,12,17-18H2,1-3H3. The Kier molecular flexibility index (Phi) is 6.09. The van der Waals surface area contributed by atoms with Crippen LogP contribution in [0.3, 0.4) is 0 Å². The van der Waals surface area contributed by atoms with Gasteiger partial charge < -0.3 is 14.3 Å². The lowest BCUT2D eigenvalue weighted by Gasteiger charge is -2.51. The number of benzene rings is 2. The van der Waals surface area contributed by atoms with Crippen molar-refractivity contribution in [3.8, 4) is 0 Å². The van der Waals surface area contributed by atoms with Gasteiger partial charge in [0.15, 0.2) is 0 Å². The average molecular weight is 333 g/mol. The van der Waals surface area contributed by atoms with Gasteiger partial charge in [0.2, 0.25) is 0 Å². The molecule has 0 N–H and O–H groups in total. The van der Waals surface area contributed by atoms with Gasteiger partial charge in [0.25, 0.3) is 0 Å². The van der Waals surface area contributed by atoms with E-state index >= 15 is 0 Å². The fourth-order valence-corrected chi connectivity index (χ4v) is 3.82. The Morgan fingerprint density at radius 1 is 0.760 bits per heavy atom. The highest BCUT2D eigenvalue weighted by Crippen LogP contribution is 2.27. The molecule has 1 aliphatic rings. The van der Waals surface area contributed by atoms with Crippen LogP contribution in [0.25, 0.3) is 0 Å². The van der Waals surface area contributed by atoms with Gasteiger partial charge >= 0.3 is 14.0 Å². The van der Waals surface area contributed by atoms with Crippen molar-refractivity contribution in [1.82, 2.24) is 4.72 Å². The Hall–Kier alpha value is -1.87. The molecule has 0 saturated carbocycles. The second-order valence-corrected chi connectivity index (χ2v) is 6.96. The summed E-state index contributed by atoms with van der Waals surface area (Å²) in [4.78, 5) is 5.03. The lowest BCUT2D eigenvalue weighted by molar-refractivity contribution is 0.555. The zero-order valence-corrected chi connectivity index (χ0v) is 15.8. The maximum atomic E-state index is 2.64. The Balaban J connectivity index is 1.88. The Morgan fingerprint density at radius 2 is 1.24 bits per heavy atom. The first-order valence-corrected chi connectivity index (χ1v) is 9.61. The van der Waals surface area contributed by atoms with E-state index in [9.17, 15) is 0 Å². The highest BCUT2D eigenvalue weighted by molar-refractivity contribution is 6.77. The van der Waals surface area contributed by atoms with Gasteiger partial charge in [0.05, 0.1) is 6.67 Å². The van der Waals surface area contributed by atoms with Crippen LogP contribution in [0.4, 0.5) is 11.4 Å². The Morgan fingerprint density at radius 3 is 1.68 bits per heavy atom. The molecule has 0 amide bonds. The van der Waals surface area contributed by atoms with Crippen LogP contribution in [0, 0.1) is 0 Å². The highest BCUT2D eigenvalue weighted by atomic mass is 15.4. The fourth-order valence-electron chi connectivity index (χ4n) is 3.82. The monoisotopic (exact) mass is 333 g/mol. The molecule has 130 valence electrons. The highest BCUT2D eigenvalue weighted by Gasteiger charge is 2.40. The van der Waals surface area contributed by atoms with E-state index in [0.717, 1.165) is 13.2 Å². The van der Waals surface area contributed by atoms with Crippen molar-refractivity contribution < 1.29 is 0 Å². The van der Waals surface area contributed by atoms with E-state index in [1.165, 1.54) is 30.6 Å². The van der Waals surface area contributed by atoms with Gasteiger partial charge in [-0.2, -0.15) is 0 Å². The molecular formula is C20H29B2N3. The van der Waals surface area contributed by atoms with Crippen molar-refractivity contribution in [2.24, 2.45) is 0 Å². The number of hydrogen-bond acceptors (Lipinski definition) is 3. The third-order valence-electron chi connectivity index (χ3n) is 5.36. The quantitative estimate of drug-likeness (QED) is 0.560. The molecule has 0 spiro atoms. The van der Waals surface area contributed by atoms with Crippen LogP contribution in [0.2, 0.25) is 13.6 Å². The lowest BCUT2D eigenvalue weighted by Crippen LogP contribution is -2.70. The van der Waals surface area contributed by atoms with Gasteiger partial charge in [-0.05, 0) is 37.2 Å². The second-order valence-electron chi connectivity index (χ2n) is 6.96. The predicted octanol–water partition coefficient (Wildman–Crippen LogP) is 4.70. The molecule has 2 aromatic rings. The number of hydrogen-bond donors (Lipinski definition) is 0. The van der Waals surface area contributed by atoms with Crippen molar-refractivity contribution in [2.75, 3.05) is 22.8 Å². The van der Waals surface area contributed by atoms with Crippen molar-refractivity contribution >= 4 is 25.3 Å². The molecule has 0 bridgehead atoms. The summed E-state index contributed by atoms with van der Waals surface area (Å²) < 4.78 is 2.64. The second kappa shape index (κ2) is 8.48. The Labute approximate surface area is 153 Å². The number of para-hydroxylation sites is 2. The molecule has 0 aromatic heterocycles. The summed E-state index contributed by atoms with van der Waals surface area (Å²) in [5.74, 6) is 0. The van der Waals surface area contributed by atoms with Crippen LogP contribution in [-0.4, -0.2) is 31.9 Å². The summed E-state index contributed by atoms with van der Waals surface area (Å²) in [5, 5.41) is 0. The van der Waals surface area contributed by atoms with E-state index in [1.807, 2.05) is 0 Å². The van der Waals surface area contributed by atoms with Crippen molar-refractivity contribution in [2.45, 2.75) is 39.8 Å². The molecule has 0 atom stereocenters. The maximum Gasteiger partial charge on any atom is 0.331 e. The maximum absolute atomic E-state index is 2.64. The number of anilines is 2. The van der Waals surface area contributed by atoms with Crippen molar-refractivity contribution in [3.63, 3.8) is 0 Å². The molecule has 25 heavy (non-hydrogen) atoms. The minimum absolute atomic E-state index is 0.397. The molecule has 3 nitrogen and oxygen atoms in total. The Bertz CT molecular complexity index is 586. The van der Waals surface area contributed by atoms with E-state index in [1.54, 1.807) is 0 Å². The van der Waals surface area contributed by atoms with E-state index < -0.39 is 0 Å². The van der Waals surface area contributed by atoms with Crippen molar-refractivity contribution in [3.05, 3.63) is 60.7 Å². The summed E-state index contributed by atoms with van der Waals surface area (Å²) in [6.45, 7) is 9.82. The largest absolute Gasteiger partial charge is 0.386 e. The fraction of sp³-hybridized carbons (Fsp3) is 0.400. The van der Waals surface area contributed by atoms with Gasteiger partial charge in [-0.1, -0.05) is 69.8 Å². The summed E-state index contributed by atoms with van der Waals surface area (Å²) >= 11 is 0. The van der Waals surface area contributed by atoms with Crippen LogP contribution in [0.5, 0.6) is 0 Å². The van der Waals surface area contributed by atoms with Gasteiger partial charge in [0.1, 0.15) is 0 Å². The molecule has 3 rings (SSSR count). The lowest BCUT2D eigenvalue weighted by atomic mass is 9.57. The van der Waals surface area contributed by atoms with Gasteiger partial charge in [-0.25, -0.2) is 0 Å². The summed E-state index contributed by atoms with van der Waals surface area (Å²) in [5.41, 5.74) is 2.59. The minimum Gasteiger partial charge on any atom is -0.386 e. The van der Waals surface area contributed by atoms with Gasteiger partial charge in [0, 0.05) is 11.4 Å². The van der Waals surface area contributed by atoms with E-state index in [4.69, 9.17) is 0 Å². The summed E-state index contributed by atoms with van der Waals surface area (Å²) in [6, 6.07) is 21.6. The van der Waals surface area contributed by atoms with Crippen LogP contribution in [-0.2, 0) is 0 Å². The zero-order chi connectivity index (χ0) is 17.6. The number of rotatable bonds is 6. The van der Waals surface area contributed by atoms with E-state index in [0.29, 0.717) is 14.0 Å². The smallest absolute Gasteiger partial charge is 0.331 e. The molecule has 5 heteroatoms. The first kappa shape index (κ1) is 17.9. The molecule has 1 fully saturated rings. The molecule has 0 unspecified atom stereocenters. The first-order valence-electron chi connectivity index (χ1n) is 9.61. The van der Waals surface area contributed by atoms with Crippen LogP contribution in [0.1, 0.15) is 26.2 Å². The van der Waals surface area contributed by atoms with Crippen molar-refractivity contribution in [1.29, 1.82) is 0 Å². The molecule has 1 aliphatic heterocycles. The van der Waals surface area contributed by atoms with Gasteiger partial charge in [-0.15, -0.1) is 0 Å².